The smallest absolute Gasteiger partial charge is 0.302 e. The van der Waals surface area contributed by atoms with Crippen LogP contribution in [0.15, 0.2) is 23.3 Å². The third-order valence-corrected chi connectivity index (χ3v) is 8.84. The average molecular weight is 401 g/mol. The lowest BCUT2D eigenvalue weighted by molar-refractivity contribution is -0.158. The second kappa shape index (κ2) is 6.37. The van der Waals surface area contributed by atoms with Crippen LogP contribution in [0.3, 0.4) is 0 Å². The van der Waals surface area contributed by atoms with Crippen LogP contribution in [-0.2, 0) is 19.1 Å². The molecule has 4 aliphatic carbocycles. The topological polar surface area (TPSA) is 80.7 Å². The number of hydrogen-bond donors (Lipinski definition) is 1. The quantitative estimate of drug-likeness (QED) is 0.566. The number of rotatable bonds is 2. The maximum Gasteiger partial charge on any atom is 0.302 e. The third kappa shape index (κ3) is 2.52. The second-order valence-corrected chi connectivity index (χ2v) is 10.1. The van der Waals surface area contributed by atoms with Crippen LogP contribution in [0.1, 0.15) is 66.7 Å². The third-order valence-electron chi connectivity index (χ3n) is 8.84. The first-order valence-corrected chi connectivity index (χ1v) is 10.8. The minimum atomic E-state index is -1.31. The van der Waals surface area contributed by atoms with E-state index in [0.717, 1.165) is 24.8 Å². The van der Waals surface area contributed by atoms with Crippen molar-refractivity contribution >= 4 is 17.5 Å². The Labute approximate surface area is 172 Å². The molecule has 0 amide bonds. The molecule has 0 radical (unpaired) electrons. The van der Waals surface area contributed by atoms with Gasteiger partial charge >= 0.3 is 5.97 Å². The molecule has 4 rings (SSSR count). The molecule has 0 aromatic heterocycles. The molecule has 5 heteroatoms. The van der Waals surface area contributed by atoms with Crippen LogP contribution < -0.4 is 0 Å². The monoisotopic (exact) mass is 400 g/mol. The molecule has 5 nitrogen and oxygen atoms in total. The van der Waals surface area contributed by atoms with Gasteiger partial charge in [0.1, 0.15) is 11.7 Å². The van der Waals surface area contributed by atoms with Crippen molar-refractivity contribution in [3.05, 3.63) is 23.3 Å². The highest BCUT2D eigenvalue weighted by Crippen LogP contribution is 2.67. The van der Waals surface area contributed by atoms with E-state index in [2.05, 4.69) is 19.9 Å². The van der Waals surface area contributed by atoms with E-state index in [1.807, 2.05) is 6.92 Å². The molecule has 0 heterocycles. The van der Waals surface area contributed by atoms with E-state index in [9.17, 15) is 19.5 Å². The Balaban J connectivity index is 1.81. The van der Waals surface area contributed by atoms with Crippen LogP contribution in [0.25, 0.3) is 0 Å². The number of Topliss-reactive ketones (excluding diaryl/α,β-unsaturated/α-hetero) is 1. The Morgan fingerprint density at radius 3 is 2.55 bits per heavy atom. The molecule has 0 bridgehead atoms. The van der Waals surface area contributed by atoms with Crippen LogP contribution in [0.2, 0.25) is 0 Å². The standard InChI is InChI=1S/C24H32O5/c1-13-10-20-18-7-6-16-11-17(27)12-21(29-15(3)26)23(16,5)19(18)8-9-22(20,4)24(13,28)14(2)25/h8,11,13,18,20-21,28H,6-7,9-10,12H2,1-5H3/t13-,18-,20+,21?,22+,23+,24+/m1/s1. The largest absolute Gasteiger partial charge is 0.461 e. The van der Waals surface area contributed by atoms with Gasteiger partial charge in [0, 0.05) is 24.2 Å². The molecule has 29 heavy (non-hydrogen) atoms. The van der Waals surface area contributed by atoms with Crippen molar-refractivity contribution in [3.63, 3.8) is 0 Å². The Morgan fingerprint density at radius 2 is 1.93 bits per heavy atom. The number of carbonyl (C=O) groups excluding carboxylic acids is 3. The predicted molar refractivity (Wildman–Crippen MR) is 108 cm³/mol. The molecule has 0 spiro atoms. The van der Waals surface area contributed by atoms with Gasteiger partial charge in [-0.15, -0.1) is 0 Å². The summed E-state index contributed by atoms with van der Waals surface area (Å²) in [5.41, 5.74) is -0.000532. The van der Waals surface area contributed by atoms with Gasteiger partial charge in [0.05, 0.1) is 0 Å². The highest BCUT2D eigenvalue weighted by molar-refractivity contribution is 5.93. The van der Waals surface area contributed by atoms with Crippen molar-refractivity contribution in [1.29, 1.82) is 0 Å². The second-order valence-electron chi connectivity index (χ2n) is 10.1. The number of ketones is 2. The van der Waals surface area contributed by atoms with Crippen molar-refractivity contribution in [2.75, 3.05) is 0 Å². The summed E-state index contributed by atoms with van der Waals surface area (Å²) in [6.45, 7) is 9.06. The summed E-state index contributed by atoms with van der Waals surface area (Å²) in [6.07, 6.45) is 6.76. The van der Waals surface area contributed by atoms with Crippen LogP contribution in [0.5, 0.6) is 0 Å². The van der Waals surface area contributed by atoms with E-state index in [-0.39, 0.29) is 41.7 Å². The van der Waals surface area contributed by atoms with Crippen LogP contribution in [-0.4, -0.2) is 34.3 Å². The number of fused-ring (bicyclic) bond motifs is 5. The van der Waals surface area contributed by atoms with Crippen molar-refractivity contribution < 1.29 is 24.2 Å². The van der Waals surface area contributed by atoms with Crippen LogP contribution in [0, 0.1) is 28.6 Å². The Bertz CT molecular complexity index is 853. The van der Waals surface area contributed by atoms with Gasteiger partial charge in [-0.2, -0.15) is 0 Å². The predicted octanol–water partition coefficient (Wildman–Crippen LogP) is 3.55. The maximum absolute atomic E-state index is 12.5. The van der Waals surface area contributed by atoms with Crippen LogP contribution >= 0.6 is 0 Å². The molecule has 0 aromatic rings. The maximum atomic E-state index is 12.5. The van der Waals surface area contributed by atoms with E-state index < -0.39 is 22.5 Å². The zero-order chi connectivity index (χ0) is 21.4. The molecule has 1 unspecified atom stereocenters. The number of ether oxygens (including phenoxy) is 1. The fourth-order valence-corrected chi connectivity index (χ4v) is 7.34. The molecular weight excluding hydrogens is 368 g/mol. The van der Waals surface area contributed by atoms with Crippen molar-refractivity contribution in [3.8, 4) is 0 Å². The highest BCUT2D eigenvalue weighted by Gasteiger charge is 2.67. The minimum Gasteiger partial charge on any atom is -0.461 e. The number of esters is 1. The molecule has 158 valence electrons. The van der Waals surface area contributed by atoms with E-state index in [1.165, 1.54) is 19.4 Å². The molecule has 0 aliphatic heterocycles. The first-order chi connectivity index (χ1) is 13.5. The summed E-state index contributed by atoms with van der Waals surface area (Å²) in [4.78, 5) is 36.6. The van der Waals surface area contributed by atoms with Gasteiger partial charge in [-0.25, -0.2) is 0 Å². The molecular formula is C24H32O5. The first-order valence-electron chi connectivity index (χ1n) is 10.8. The van der Waals surface area contributed by atoms with E-state index in [1.54, 1.807) is 6.08 Å². The van der Waals surface area contributed by atoms with E-state index in [4.69, 9.17) is 4.74 Å². The lowest BCUT2D eigenvalue weighted by Crippen LogP contribution is -2.57. The van der Waals surface area contributed by atoms with E-state index in [0.29, 0.717) is 6.42 Å². The zero-order valence-corrected chi connectivity index (χ0v) is 18.1. The molecule has 0 aromatic carbocycles. The van der Waals surface area contributed by atoms with Gasteiger partial charge in [0.15, 0.2) is 11.6 Å². The molecule has 2 saturated carbocycles. The van der Waals surface area contributed by atoms with E-state index >= 15 is 0 Å². The minimum absolute atomic E-state index is 0.0175. The highest BCUT2D eigenvalue weighted by atomic mass is 16.5. The van der Waals surface area contributed by atoms with Crippen molar-refractivity contribution in [1.82, 2.24) is 0 Å². The molecule has 7 atom stereocenters. The Hall–Kier alpha value is -1.75. The normalized spacial score (nSPS) is 46.1. The zero-order valence-electron chi connectivity index (χ0n) is 18.1. The van der Waals surface area contributed by atoms with Gasteiger partial charge in [-0.3, -0.25) is 14.4 Å². The fourth-order valence-electron chi connectivity index (χ4n) is 7.34. The van der Waals surface area contributed by atoms with Gasteiger partial charge in [0.25, 0.3) is 0 Å². The lowest BCUT2D eigenvalue weighted by atomic mass is 9.50. The molecule has 4 aliphatic rings. The Kier molecular flexibility index (Phi) is 4.51. The van der Waals surface area contributed by atoms with Crippen molar-refractivity contribution in [2.24, 2.45) is 28.6 Å². The van der Waals surface area contributed by atoms with Gasteiger partial charge < -0.3 is 9.84 Å². The average Bonchev–Trinajstić information content (AvgIpc) is 2.84. The summed E-state index contributed by atoms with van der Waals surface area (Å²) < 4.78 is 5.67. The Morgan fingerprint density at radius 1 is 1.24 bits per heavy atom. The first kappa shape index (κ1) is 20.5. The molecule has 2 fully saturated rings. The van der Waals surface area contributed by atoms with Crippen molar-refractivity contribution in [2.45, 2.75) is 78.4 Å². The summed E-state index contributed by atoms with van der Waals surface area (Å²) in [5.74, 6) is -0.170. The number of allylic oxidation sites excluding steroid dienone is 2. The summed E-state index contributed by atoms with van der Waals surface area (Å²) >= 11 is 0. The molecule has 0 saturated heterocycles. The SMILES string of the molecule is CC(=O)OC1CC(=O)C=C2CC[C@@H]3C(=CC[C@@]4(C)[C@H]3C[C@@H](C)[C@]4(O)C(C)=O)[C@]21C. The van der Waals surface area contributed by atoms with Crippen LogP contribution in [0.4, 0.5) is 0 Å². The number of carbonyl (C=O) groups is 3. The number of hydrogen-bond acceptors (Lipinski definition) is 5. The summed E-state index contributed by atoms with van der Waals surface area (Å²) in [6, 6.07) is 0. The molecule has 1 N–H and O–H groups in total. The summed E-state index contributed by atoms with van der Waals surface area (Å²) in [5, 5.41) is 11.5. The van der Waals surface area contributed by atoms with Gasteiger partial charge in [-0.1, -0.05) is 31.1 Å². The van der Waals surface area contributed by atoms with Gasteiger partial charge in [0.2, 0.25) is 0 Å². The summed E-state index contributed by atoms with van der Waals surface area (Å²) in [7, 11) is 0. The lowest BCUT2D eigenvalue weighted by Gasteiger charge is -2.56. The number of aliphatic hydroxyl groups is 1. The van der Waals surface area contributed by atoms with Gasteiger partial charge in [-0.05, 0) is 63.4 Å². The fraction of sp³-hybridized carbons (Fsp3) is 0.708.